The summed E-state index contributed by atoms with van der Waals surface area (Å²) in [5.74, 6) is 0.0999. The van der Waals surface area contributed by atoms with Crippen molar-refractivity contribution in [3.05, 3.63) is 59.9 Å². The standard InChI is InChI=1S/C22H25FN4O3/c1-22(16-4-3-5-19(14-16)30-2)20(28)27(21(29)24-22)15-25-10-12-26(13-11-25)18-8-6-17(23)7-9-18/h3-9,14H,10-13,15H2,1-2H3,(H,24,29)/t22-/m1/s1. The molecule has 4 rings (SSSR count). The Kier molecular flexibility index (Phi) is 5.34. The van der Waals surface area contributed by atoms with Gasteiger partial charge in [-0.3, -0.25) is 9.69 Å². The number of anilines is 1. The van der Waals surface area contributed by atoms with E-state index in [1.165, 1.54) is 17.0 Å². The van der Waals surface area contributed by atoms with Crippen LogP contribution in [0.4, 0.5) is 14.9 Å². The lowest BCUT2D eigenvalue weighted by atomic mass is 9.92. The first-order chi connectivity index (χ1) is 14.4. The summed E-state index contributed by atoms with van der Waals surface area (Å²) < 4.78 is 18.4. The fourth-order valence-electron chi connectivity index (χ4n) is 3.95. The second kappa shape index (κ2) is 7.95. The molecule has 0 aromatic heterocycles. The number of halogens is 1. The fourth-order valence-corrected chi connectivity index (χ4v) is 3.95. The van der Waals surface area contributed by atoms with Crippen LogP contribution in [0.1, 0.15) is 12.5 Å². The van der Waals surface area contributed by atoms with Crippen LogP contribution in [0.2, 0.25) is 0 Å². The topological polar surface area (TPSA) is 65.1 Å². The van der Waals surface area contributed by atoms with Gasteiger partial charge in [0.05, 0.1) is 13.8 Å². The molecule has 0 radical (unpaired) electrons. The number of urea groups is 1. The van der Waals surface area contributed by atoms with Gasteiger partial charge in [0, 0.05) is 31.9 Å². The molecule has 2 aromatic rings. The number of carbonyl (C=O) groups is 2. The van der Waals surface area contributed by atoms with E-state index in [-0.39, 0.29) is 18.4 Å². The Morgan fingerprint density at radius 3 is 2.43 bits per heavy atom. The Morgan fingerprint density at radius 1 is 1.07 bits per heavy atom. The van der Waals surface area contributed by atoms with Crippen LogP contribution < -0.4 is 15.0 Å². The molecule has 158 valence electrons. The van der Waals surface area contributed by atoms with Crippen LogP contribution in [0.5, 0.6) is 5.75 Å². The van der Waals surface area contributed by atoms with Crippen LogP contribution in [0.15, 0.2) is 48.5 Å². The summed E-state index contributed by atoms with van der Waals surface area (Å²) in [7, 11) is 1.56. The highest BCUT2D eigenvalue weighted by Crippen LogP contribution is 2.31. The zero-order valence-electron chi connectivity index (χ0n) is 17.1. The van der Waals surface area contributed by atoms with Crippen LogP contribution in [-0.2, 0) is 10.3 Å². The third-order valence-electron chi connectivity index (χ3n) is 5.83. The number of amides is 3. The SMILES string of the molecule is COc1cccc([C@@]2(C)NC(=O)N(CN3CCN(c4ccc(F)cc4)CC3)C2=O)c1. The monoisotopic (exact) mass is 412 g/mol. The number of carbonyl (C=O) groups excluding carboxylic acids is 2. The molecular weight excluding hydrogens is 387 g/mol. The van der Waals surface area contributed by atoms with Crippen LogP contribution in [0.3, 0.4) is 0 Å². The molecule has 2 saturated heterocycles. The quantitative estimate of drug-likeness (QED) is 0.764. The Hall–Kier alpha value is -3.13. The first-order valence-corrected chi connectivity index (χ1v) is 9.92. The highest BCUT2D eigenvalue weighted by atomic mass is 19.1. The number of nitrogens with one attached hydrogen (secondary N) is 1. The highest BCUT2D eigenvalue weighted by Gasteiger charge is 2.49. The van der Waals surface area contributed by atoms with Gasteiger partial charge in [-0.05, 0) is 48.9 Å². The van der Waals surface area contributed by atoms with E-state index in [1.54, 1.807) is 44.4 Å². The molecule has 3 amide bonds. The summed E-state index contributed by atoms with van der Waals surface area (Å²) in [6, 6.07) is 13.2. The van der Waals surface area contributed by atoms with Crippen molar-refractivity contribution in [2.75, 3.05) is 44.9 Å². The largest absolute Gasteiger partial charge is 0.497 e. The number of imide groups is 1. The maximum atomic E-state index is 13.2. The number of piperazine rings is 1. The van der Waals surface area contributed by atoms with Crippen molar-refractivity contribution < 1.29 is 18.7 Å². The lowest BCUT2D eigenvalue weighted by Crippen LogP contribution is -2.51. The van der Waals surface area contributed by atoms with Gasteiger partial charge in [-0.2, -0.15) is 0 Å². The predicted molar refractivity (Wildman–Crippen MR) is 111 cm³/mol. The zero-order chi connectivity index (χ0) is 21.3. The highest BCUT2D eigenvalue weighted by molar-refractivity contribution is 6.07. The lowest BCUT2D eigenvalue weighted by molar-refractivity contribution is -0.132. The number of hydrogen-bond acceptors (Lipinski definition) is 5. The molecule has 2 aliphatic rings. The Bertz CT molecular complexity index is 944. The van der Waals surface area contributed by atoms with E-state index in [2.05, 4.69) is 15.1 Å². The molecule has 7 nitrogen and oxygen atoms in total. The van der Waals surface area contributed by atoms with Crippen molar-refractivity contribution in [2.24, 2.45) is 0 Å². The molecular formula is C22H25FN4O3. The Balaban J connectivity index is 1.41. The van der Waals surface area contributed by atoms with Gasteiger partial charge in [0.2, 0.25) is 0 Å². The first kappa shape index (κ1) is 20.2. The second-order valence-electron chi connectivity index (χ2n) is 7.74. The van der Waals surface area contributed by atoms with E-state index in [0.717, 1.165) is 18.8 Å². The molecule has 0 saturated carbocycles. The normalized spacial score (nSPS) is 22.4. The zero-order valence-corrected chi connectivity index (χ0v) is 17.1. The van der Waals surface area contributed by atoms with E-state index >= 15 is 0 Å². The minimum atomic E-state index is -1.12. The molecule has 2 heterocycles. The number of methoxy groups -OCH3 is 1. The molecule has 1 atom stereocenters. The molecule has 2 aliphatic heterocycles. The van der Waals surface area contributed by atoms with Crippen LogP contribution in [0, 0.1) is 5.82 Å². The summed E-state index contributed by atoms with van der Waals surface area (Å²) in [5.41, 5.74) is 0.530. The smallest absolute Gasteiger partial charge is 0.326 e. The summed E-state index contributed by atoms with van der Waals surface area (Å²) in [5, 5.41) is 2.84. The van der Waals surface area contributed by atoms with Crippen molar-refractivity contribution in [1.29, 1.82) is 0 Å². The summed E-state index contributed by atoms with van der Waals surface area (Å²) in [6.07, 6.45) is 0. The van der Waals surface area contributed by atoms with Crippen molar-refractivity contribution >= 4 is 17.6 Å². The van der Waals surface area contributed by atoms with Gasteiger partial charge in [0.1, 0.15) is 17.1 Å². The van der Waals surface area contributed by atoms with Crippen molar-refractivity contribution in [2.45, 2.75) is 12.5 Å². The molecule has 30 heavy (non-hydrogen) atoms. The summed E-state index contributed by atoms with van der Waals surface area (Å²) in [6.45, 7) is 4.83. The average molecular weight is 412 g/mol. The van der Waals surface area contributed by atoms with Gasteiger partial charge in [-0.1, -0.05) is 12.1 Å². The molecule has 0 bridgehead atoms. The Labute approximate surface area is 175 Å². The van der Waals surface area contributed by atoms with E-state index < -0.39 is 11.6 Å². The van der Waals surface area contributed by atoms with E-state index in [0.29, 0.717) is 24.4 Å². The van der Waals surface area contributed by atoms with Gasteiger partial charge in [0.15, 0.2) is 0 Å². The molecule has 0 aliphatic carbocycles. The van der Waals surface area contributed by atoms with Gasteiger partial charge in [-0.25, -0.2) is 14.1 Å². The minimum absolute atomic E-state index is 0.238. The number of rotatable bonds is 5. The second-order valence-corrected chi connectivity index (χ2v) is 7.74. The number of benzene rings is 2. The molecule has 8 heteroatoms. The maximum absolute atomic E-state index is 13.2. The average Bonchev–Trinajstić information content (AvgIpc) is 2.99. The van der Waals surface area contributed by atoms with Crippen LogP contribution in [0.25, 0.3) is 0 Å². The third-order valence-corrected chi connectivity index (χ3v) is 5.83. The molecule has 0 unspecified atom stereocenters. The van der Waals surface area contributed by atoms with Gasteiger partial charge in [0.25, 0.3) is 5.91 Å². The summed E-state index contributed by atoms with van der Waals surface area (Å²) in [4.78, 5) is 31.3. The van der Waals surface area contributed by atoms with Gasteiger partial charge >= 0.3 is 6.03 Å². The number of ether oxygens (including phenoxy) is 1. The van der Waals surface area contributed by atoms with Gasteiger partial charge < -0.3 is 15.0 Å². The molecule has 2 aromatic carbocycles. The summed E-state index contributed by atoms with van der Waals surface area (Å²) >= 11 is 0. The van der Waals surface area contributed by atoms with E-state index in [9.17, 15) is 14.0 Å². The molecule has 0 spiro atoms. The van der Waals surface area contributed by atoms with Crippen molar-refractivity contribution in [1.82, 2.24) is 15.1 Å². The number of nitrogens with zero attached hydrogens (tertiary/aromatic N) is 3. The first-order valence-electron chi connectivity index (χ1n) is 9.92. The third kappa shape index (κ3) is 3.70. The maximum Gasteiger partial charge on any atom is 0.326 e. The van der Waals surface area contributed by atoms with E-state index in [4.69, 9.17) is 4.74 Å². The minimum Gasteiger partial charge on any atom is -0.497 e. The predicted octanol–water partition coefficient (Wildman–Crippen LogP) is 2.38. The van der Waals surface area contributed by atoms with Crippen molar-refractivity contribution in [3.8, 4) is 5.75 Å². The molecule has 2 fully saturated rings. The van der Waals surface area contributed by atoms with Crippen molar-refractivity contribution in [3.63, 3.8) is 0 Å². The Morgan fingerprint density at radius 2 is 1.77 bits per heavy atom. The molecule has 1 N–H and O–H groups in total. The van der Waals surface area contributed by atoms with Crippen LogP contribution >= 0.6 is 0 Å². The fraction of sp³-hybridized carbons (Fsp3) is 0.364. The lowest BCUT2D eigenvalue weighted by Gasteiger charge is -2.37. The van der Waals surface area contributed by atoms with E-state index in [1.807, 2.05) is 6.07 Å². The van der Waals surface area contributed by atoms with Gasteiger partial charge in [-0.15, -0.1) is 0 Å². The van der Waals surface area contributed by atoms with Crippen LogP contribution in [-0.4, -0.2) is 61.7 Å². The number of hydrogen-bond donors (Lipinski definition) is 1.